The average Bonchev–Trinajstić information content (AvgIpc) is 3.21. The van der Waals surface area contributed by atoms with Gasteiger partial charge in [0, 0.05) is 45.9 Å². The number of oxazole rings is 1. The molecule has 0 aliphatic heterocycles. The van der Waals surface area contributed by atoms with Gasteiger partial charge in [-0.3, -0.25) is 9.59 Å². The summed E-state index contributed by atoms with van der Waals surface area (Å²) >= 11 is 0. The Morgan fingerprint density at radius 1 is 1.03 bits per heavy atom. The van der Waals surface area contributed by atoms with Crippen LogP contribution in [0.2, 0.25) is 0 Å². The molecule has 0 saturated heterocycles. The smallest absolute Gasteiger partial charge is 0.273 e. The number of hydrogen-bond donors (Lipinski definition) is 1. The predicted molar refractivity (Wildman–Crippen MR) is 115 cm³/mol. The maximum atomic E-state index is 12.7. The van der Waals surface area contributed by atoms with Crippen molar-refractivity contribution in [2.24, 2.45) is 0 Å². The van der Waals surface area contributed by atoms with E-state index in [1.54, 1.807) is 4.90 Å². The van der Waals surface area contributed by atoms with E-state index in [1.165, 1.54) is 6.26 Å². The molecule has 0 atom stereocenters. The van der Waals surface area contributed by atoms with Gasteiger partial charge in [0.15, 0.2) is 5.69 Å². The molecule has 0 aliphatic carbocycles. The van der Waals surface area contributed by atoms with E-state index >= 15 is 0 Å². The van der Waals surface area contributed by atoms with Crippen LogP contribution in [-0.4, -0.2) is 61.2 Å². The number of nitrogens with one attached hydrogen (secondary N) is 1. The van der Waals surface area contributed by atoms with Gasteiger partial charge in [0.2, 0.25) is 11.8 Å². The summed E-state index contributed by atoms with van der Waals surface area (Å²) in [6.45, 7) is 9.93. The summed E-state index contributed by atoms with van der Waals surface area (Å²) in [5.74, 6) is 0.172. The van der Waals surface area contributed by atoms with Crippen LogP contribution in [0.3, 0.4) is 0 Å². The topological polar surface area (TPSA) is 93.9 Å². The first kappa shape index (κ1) is 26.1. The van der Waals surface area contributed by atoms with Gasteiger partial charge in [-0.2, -0.15) is 0 Å². The van der Waals surface area contributed by atoms with Gasteiger partial charge in [0.1, 0.15) is 6.26 Å². The van der Waals surface area contributed by atoms with Gasteiger partial charge >= 0.3 is 0 Å². The van der Waals surface area contributed by atoms with Gasteiger partial charge in [-0.05, 0) is 33.1 Å². The number of carbonyl (C=O) groups excluding carboxylic acids is 2. The fourth-order valence-corrected chi connectivity index (χ4v) is 2.92. The van der Waals surface area contributed by atoms with Crippen molar-refractivity contribution >= 4 is 11.8 Å². The molecule has 1 heterocycles. The van der Waals surface area contributed by atoms with Gasteiger partial charge in [-0.15, -0.1) is 0 Å². The molecule has 0 aliphatic rings. The Labute approximate surface area is 180 Å². The molecule has 1 N–H and O–H groups in total. The molecule has 2 amide bonds. The maximum absolute atomic E-state index is 12.7. The Kier molecular flexibility index (Phi) is 14.6. The van der Waals surface area contributed by atoms with Crippen molar-refractivity contribution in [1.82, 2.24) is 15.2 Å². The maximum Gasteiger partial charge on any atom is 0.273 e. The van der Waals surface area contributed by atoms with Crippen molar-refractivity contribution in [3.05, 3.63) is 17.8 Å². The average molecular weight is 426 g/mol. The number of unbranched alkanes of at least 4 members (excludes halogenated alkanes) is 3. The second-order valence-electron chi connectivity index (χ2n) is 7.11. The van der Waals surface area contributed by atoms with E-state index in [4.69, 9.17) is 13.9 Å². The molecule has 8 nitrogen and oxygen atoms in total. The molecule has 1 aromatic rings. The Morgan fingerprint density at radius 3 is 2.47 bits per heavy atom. The van der Waals surface area contributed by atoms with E-state index in [2.05, 4.69) is 17.2 Å². The summed E-state index contributed by atoms with van der Waals surface area (Å²) in [4.78, 5) is 30.9. The van der Waals surface area contributed by atoms with Crippen LogP contribution in [0.1, 0.15) is 82.1 Å². The number of ether oxygens (including phenoxy) is 2. The summed E-state index contributed by atoms with van der Waals surface area (Å²) < 4.78 is 16.1. The highest BCUT2D eigenvalue weighted by Gasteiger charge is 2.18. The van der Waals surface area contributed by atoms with Crippen molar-refractivity contribution in [1.29, 1.82) is 0 Å². The lowest BCUT2D eigenvalue weighted by molar-refractivity contribution is -0.132. The predicted octanol–water partition coefficient (Wildman–Crippen LogP) is 3.56. The van der Waals surface area contributed by atoms with Crippen LogP contribution >= 0.6 is 0 Å². The van der Waals surface area contributed by atoms with E-state index in [-0.39, 0.29) is 24.1 Å². The lowest BCUT2D eigenvalue weighted by atomic mass is 10.1. The first-order chi connectivity index (χ1) is 14.6. The summed E-state index contributed by atoms with van der Waals surface area (Å²) in [5, 5.41) is 2.80. The third kappa shape index (κ3) is 11.3. The molecule has 0 bridgehead atoms. The number of amides is 2. The minimum absolute atomic E-state index is 0.0859. The van der Waals surface area contributed by atoms with Gasteiger partial charge in [0.25, 0.3) is 5.91 Å². The first-order valence-corrected chi connectivity index (χ1v) is 11.3. The molecule has 172 valence electrons. The Morgan fingerprint density at radius 2 is 1.77 bits per heavy atom. The highest BCUT2D eigenvalue weighted by molar-refractivity contribution is 5.91. The largest absolute Gasteiger partial charge is 0.446 e. The minimum Gasteiger partial charge on any atom is -0.446 e. The standard InChI is InChI=1S/C22H39N3O5/c1-4-7-8-9-12-21(26)25(14-11-16-29-6-3)17-20-24-19(18-30-20)22(27)23-13-10-15-28-5-2/h18H,4-17H2,1-3H3,(H,23,27). The SMILES string of the molecule is CCCCCCC(=O)N(CCCOCC)Cc1nc(C(=O)NCCCOCC)co1. The number of rotatable bonds is 18. The first-order valence-electron chi connectivity index (χ1n) is 11.3. The van der Waals surface area contributed by atoms with Crippen LogP contribution in [-0.2, 0) is 20.8 Å². The molecule has 1 rings (SSSR count). The van der Waals surface area contributed by atoms with Crippen molar-refractivity contribution in [2.45, 2.75) is 72.3 Å². The Bertz CT molecular complexity index is 591. The fourth-order valence-electron chi connectivity index (χ4n) is 2.92. The molecular weight excluding hydrogens is 386 g/mol. The molecule has 0 aromatic carbocycles. The molecule has 0 saturated carbocycles. The minimum atomic E-state index is -0.282. The normalized spacial score (nSPS) is 10.9. The molecular formula is C22H39N3O5. The Hall–Kier alpha value is -1.93. The highest BCUT2D eigenvalue weighted by Crippen LogP contribution is 2.11. The zero-order valence-electron chi connectivity index (χ0n) is 18.9. The Balaban J connectivity index is 2.55. The van der Waals surface area contributed by atoms with Crippen molar-refractivity contribution in [3.8, 4) is 0 Å². The molecule has 1 aromatic heterocycles. The zero-order valence-corrected chi connectivity index (χ0v) is 18.9. The molecule has 0 radical (unpaired) electrons. The van der Waals surface area contributed by atoms with Gasteiger partial charge < -0.3 is 24.1 Å². The third-order valence-corrected chi connectivity index (χ3v) is 4.58. The number of nitrogens with zero attached hydrogens (tertiary/aromatic N) is 2. The van der Waals surface area contributed by atoms with Crippen molar-refractivity contribution in [2.75, 3.05) is 39.5 Å². The molecule has 0 unspecified atom stereocenters. The highest BCUT2D eigenvalue weighted by atomic mass is 16.5. The van der Waals surface area contributed by atoms with Crippen LogP contribution in [0.15, 0.2) is 10.7 Å². The third-order valence-electron chi connectivity index (χ3n) is 4.58. The lowest BCUT2D eigenvalue weighted by Crippen LogP contribution is -2.32. The zero-order chi connectivity index (χ0) is 22.0. The van der Waals surface area contributed by atoms with E-state index in [0.717, 1.165) is 38.5 Å². The summed E-state index contributed by atoms with van der Waals surface area (Å²) in [5.41, 5.74) is 0.228. The summed E-state index contributed by atoms with van der Waals surface area (Å²) in [7, 11) is 0. The second kappa shape index (κ2) is 16.8. The van der Waals surface area contributed by atoms with E-state index < -0.39 is 0 Å². The number of hydrogen-bond acceptors (Lipinski definition) is 6. The van der Waals surface area contributed by atoms with Gasteiger partial charge in [-0.25, -0.2) is 4.98 Å². The molecule has 0 spiro atoms. The van der Waals surface area contributed by atoms with Gasteiger partial charge in [0.05, 0.1) is 6.54 Å². The van der Waals surface area contributed by atoms with E-state index in [9.17, 15) is 9.59 Å². The quantitative estimate of drug-likeness (QED) is 0.362. The molecule has 8 heteroatoms. The fraction of sp³-hybridized carbons (Fsp3) is 0.773. The van der Waals surface area contributed by atoms with Crippen LogP contribution in [0.25, 0.3) is 0 Å². The second-order valence-corrected chi connectivity index (χ2v) is 7.11. The molecule has 0 fully saturated rings. The lowest BCUT2D eigenvalue weighted by Gasteiger charge is -2.21. The number of aromatic nitrogens is 1. The van der Waals surface area contributed by atoms with Crippen LogP contribution < -0.4 is 5.32 Å². The molecule has 30 heavy (non-hydrogen) atoms. The van der Waals surface area contributed by atoms with Crippen LogP contribution in [0.5, 0.6) is 0 Å². The summed E-state index contributed by atoms with van der Waals surface area (Å²) in [6, 6.07) is 0. The van der Waals surface area contributed by atoms with Crippen LogP contribution in [0.4, 0.5) is 0 Å². The summed E-state index contributed by atoms with van der Waals surface area (Å²) in [6.07, 6.45) is 7.57. The van der Waals surface area contributed by atoms with Crippen LogP contribution in [0, 0.1) is 0 Å². The van der Waals surface area contributed by atoms with Crippen molar-refractivity contribution < 1.29 is 23.5 Å². The van der Waals surface area contributed by atoms with Gasteiger partial charge in [-0.1, -0.05) is 26.2 Å². The van der Waals surface area contributed by atoms with E-state index in [1.807, 2.05) is 13.8 Å². The van der Waals surface area contributed by atoms with Crippen molar-refractivity contribution in [3.63, 3.8) is 0 Å². The van der Waals surface area contributed by atoms with E-state index in [0.29, 0.717) is 51.8 Å². The number of carbonyl (C=O) groups is 2. The monoisotopic (exact) mass is 425 g/mol.